The van der Waals surface area contributed by atoms with E-state index in [1.807, 2.05) is 67.6 Å². The van der Waals surface area contributed by atoms with E-state index in [1.165, 1.54) is 0 Å². The van der Waals surface area contributed by atoms with E-state index in [0.717, 1.165) is 17.1 Å². The van der Waals surface area contributed by atoms with Crippen LogP contribution in [0.4, 0.5) is 11.4 Å². The SMILES string of the molecule is C/C(=C\C(=O)Nc1ccccc1)Nc1ccccc1. The topological polar surface area (TPSA) is 41.1 Å². The zero-order chi connectivity index (χ0) is 13.5. The van der Waals surface area contributed by atoms with Crippen molar-refractivity contribution in [1.82, 2.24) is 0 Å². The van der Waals surface area contributed by atoms with Crippen molar-refractivity contribution < 1.29 is 4.79 Å². The van der Waals surface area contributed by atoms with Crippen molar-refractivity contribution in [2.24, 2.45) is 0 Å². The van der Waals surface area contributed by atoms with Crippen LogP contribution in [-0.2, 0) is 4.79 Å². The number of para-hydroxylation sites is 2. The molecule has 0 fully saturated rings. The van der Waals surface area contributed by atoms with E-state index < -0.39 is 0 Å². The minimum absolute atomic E-state index is 0.146. The summed E-state index contributed by atoms with van der Waals surface area (Å²) >= 11 is 0. The number of carbonyl (C=O) groups is 1. The lowest BCUT2D eigenvalue weighted by Crippen LogP contribution is -2.10. The number of rotatable bonds is 4. The third-order valence-corrected chi connectivity index (χ3v) is 2.50. The average molecular weight is 252 g/mol. The van der Waals surface area contributed by atoms with Crippen molar-refractivity contribution in [3.05, 3.63) is 72.4 Å². The van der Waals surface area contributed by atoms with Gasteiger partial charge in [-0.15, -0.1) is 0 Å². The highest BCUT2D eigenvalue weighted by molar-refractivity contribution is 5.99. The minimum Gasteiger partial charge on any atom is -0.359 e. The van der Waals surface area contributed by atoms with Gasteiger partial charge in [0.15, 0.2) is 0 Å². The van der Waals surface area contributed by atoms with Crippen molar-refractivity contribution in [3.63, 3.8) is 0 Å². The van der Waals surface area contributed by atoms with Crippen LogP contribution in [0, 0.1) is 0 Å². The standard InChI is InChI=1S/C16H16N2O/c1-13(17-14-8-4-2-5-9-14)12-16(19)18-15-10-6-3-7-11-15/h2-12,17H,1H3,(H,18,19)/b13-12+. The van der Waals surface area contributed by atoms with Gasteiger partial charge >= 0.3 is 0 Å². The molecule has 0 aliphatic carbocycles. The lowest BCUT2D eigenvalue weighted by atomic mass is 10.3. The van der Waals surface area contributed by atoms with Crippen LogP contribution in [0.2, 0.25) is 0 Å². The maximum absolute atomic E-state index is 11.8. The molecule has 2 N–H and O–H groups in total. The van der Waals surface area contributed by atoms with E-state index in [0.29, 0.717) is 0 Å². The summed E-state index contributed by atoms with van der Waals surface area (Å²) in [5.74, 6) is -0.146. The van der Waals surface area contributed by atoms with Gasteiger partial charge in [0.2, 0.25) is 5.91 Å². The summed E-state index contributed by atoms with van der Waals surface area (Å²) < 4.78 is 0. The second-order valence-electron chi connectivity index (χ2n) is 4.17. The van der Waals surface area contributed by atoms with Crippen molar-refractivity contribution in [2.45, 2.75) is 6.92 Å². The zero-order valence-electron chi connectivity index (χ0n) is 10.8. The molecular weight excluding hydrogens is 236 g/mol. The first-order valence-electron chi connectivity index (χ1n) is 6.10. The molecule has 19 heavy (non-hydrogen) atoms. The van der Waals surface area contributed by atoms with Gasteiger partial charge in [0.05, 0.1) is 0 Å². The molecule has 0 aliphatic heterocycles. The fraction of sp³-hybridized carbons (Fsp3) is 0.0625. The summed E-state index contributed by atoms with van der Waals surface area (Å²) in [6.07, 6.45) is 1.54. The lowest BCUT2D eigenvalue weighted by Gasteiger charge is -2.06. The Morgan fingerprint density at radius 3 is 1.84 bits per heavy atom. The van der Waals surface area contributed by atoms with E-state index >= 15 is 0 Å². The summed E-state index contributed by atoms with van der Waals surface area (Å²) in [6.45, 7) is 1.86. The van der Waals surface area contributed by atoms with Gasteiger partial charge in [0, 0.05) is 23.1 Å². The smallest absolute Gasteiger partial charge is 0.250 e. The number of hydrogen-bond acceptors (Lipinski definition) is 2. The highest BCUT2D eigenvalue weighted by atomic mass is 16.1. The highest BCUT2D eigenvalue weighted by Crippen LogP contribution is 2.09. The van der Waals surface area contributed by atoms with Crippen molar-refractivity contribution in [1.29, 1.82) is 0 Å². The third kappa shape index (κ3) is 4.32. The normalized spacial score (nSPS) is 10.9. The second kappa shape index (κ2) is 6.40. The Labute approximate surface area is 113 Å². The highest BCUT2D eigenvalue weighted by Gasteiger charge is 1.99. The Balaban J connectivity index is 1.95. The molecule has 2 aromatic carbocycles. The second-order valence-corrected chi connectivity index (χ2v) is 4.17. The van der Waals surface area contributed by atoms with Gasteiger partial charge < -0.3 is 10.6 Å². The van der Waals surface area contributed by atoms with E-state index in [9.17, 15) is 4.79 Å². The summed E-state index contributed by atoms with van der Waals surface area (Å²) in [5, 5.41) is 5.96. The van der Waals surface area contributed by atoms with Crippen LogP contribution in [0.15, 0.2) is 72.4 Å². The molecule has 0 radical (unpaired) electrons. The van der Waals surface area contributed by atoms with E-state index in [4.69, 9.17) is 0 Å². The summed E-state index contributed by atoms with van der Waals surface area (Å²) in [6, 6.07) is 19.1. The number of allylic oxidation sites excluding steroid dienone is 1. The Morgan fingerprint density at radius 1 is 0.842 bits per heavy atom. The van der Waals surface area contributed by atoms with E-state index in [-0.39, 0.29) is 5.91 Å². The molecule has 0 atom stereocenters. The number of carbonyl (C=O) groups excluding carboxylic acids is 1. The Kier molecular flexibility index (Phi) is 4.34. The number of hydrogen-bond donors (Lipinski definition) is 2. The first-order chi connectivity index (χ1) is 9.24. The fourth-order valence-corrected chi connectivity index (χ4v) is 1.68. The number of amides is 1. The fourth-order valence-electron chi connectivity index (χ4n) is 1.68. The number of benzene rings is 2. The summed E-state index contributed by atoms with van der Waals surface area (Å²) in [5.41, 5.74) is 2.54. The third-order valence-electron chi connectivity index (χ3n) is 2.50. The molecule has 2 rings (SSSR count). The van der Waals surface area contributed by atoms with Crippen LogP contribution in [0.1, 0.15) is 6.92 Å². The predicted molar refractivity (Wildman–Crippen MR) is 78.9 cm³/mol. The van der Waals surface area contributed by atoms with Gasteiger partial charge in [-0.25, -0.2) is 0 Å². The maximum Gasteiger partial charge on any atom is 0.250 e. The number of nitrogens with one attached hydrogen (secondary N) is 2. The van der Waals surface area contributed by atoms with Gasteiger partial charge in [-0.3, -0.25) is 4.79 Å². The van der Waals surface area contributed by atoms with Gasteiger partial charge in [-0.05, 0) is 31.2 Å². The Bertz CT molecular complexity index is 562. The first-order valence-corrected chi connectivity index (χ1v) is 6.10. The van der Waals surface area contributed by atoms with Crippen LogP contribution in [-0.4, -0.2) is 5.91 Å². The van der Waals surface area contributed by atoms with Crippen molar-refractivity contribution in [3.8, 4) is 0 Å². The van der Waals surface area contributed by atoms with Gasteiger partial charge in [-0.1, -0.05) is 36.4 Å². The van der Waals surface area contributed by atoms with Gasteiger partial charge in [0.25, 0.3) is 0 Å². The molecule has 0 spiro atoms. The van der Waals surface area contributed by atoms with Crippen LogP contribution in [0.3, 0.4) is 0 Å². The molecule has 96 valence electrons. The largest absolute Gasteiger partial charge is 0.359 e. The minimum atomic E-state index is -0.146. The van der Waals surface area contributed by atoms with Crippen LogP contribution in [0.25, 0.3) is 0 Å². The molecule has 3 nitrogen and oxygen atoms in total. The van der Waals surface area contributed by atoms with Gasteiger partial charge in [-0.2, -0.15) is 0 Å². The first kappa shape index (κ1) is 12.9. The van der Waals surface area contributed by atoms with E-state index in [1.54, 1.807) is 6.08 Å². The molecule has 0 saturated carbocycles. The van der Waals surface area contributed by atoms with Crippen LogP contribution < -0.4 is 10.6 Å². The summed E-state index contributed by atoms with van der Waals surface area (Å²) in [4.78, 5) is 11.8. The molecule has 1 amide bonds. The monoisotopic (exact) mass is 252 g/mol. The van der Waals surface area contributed by atoms with E-state index in [2.05, 4.69) is 10.6 Å². The molecule has 0 saturated heterocycles. The molecule has 0 aliphatic rings. The predicted octanol–water partition coefficient (Wildman–Crippen LogP) is 3.64. The van der Waals surface area contributed by atoms with Crippen molar-refractivity contribution in [2.75, 3.05) is 10.6 Å². The molecule has 2 aromatic rings. The lowest BCUT2D eigenvalue weighted by molar-refractivity contribution is -0.111. The molecule has 3 heteroatoms. The van der Waals surface area contributed by atoms with Crippen LogP contribution in [0.5, 0.6) is 0 Å². The summed E-state index contributed by atoms with van der Waals surface area (Å²) in [7, 11) is 0. The zero-order valence-corrected chi connectivity index (χ0v) is 10.8. The quantitative estimate of drug-likeness (QED) is 0.816. The maximum atomic E-state index is 11.8. The molecule has 0 unspecified atom stereocenters. The van der Waals surface area contributed by atoms with Crippen molar-refractivity contribution >= 4 is 17.3 Å². The van der Waals surface area contributed by atoms with Gasteiger partial charge in [0.1, 0.15) is 0 Å². The molecule has 0 heterocycles. The molecular formula is C16H16N2O. The van der Waals surface area contributed by atoms with Crippen LogP contribution >= 0.6 is 0 Å². The molecule has 0 aromatic heterocycles. The molecule has 0 bridgehead atoms. The Hall–Kier alpha value is -2.55. The Morgan fingerprint density at radius 2 is 1.32 bits per heavy atom. The number of anilines is 2. The average Bonchev–Trinajstić information content (AvgIpc) is 2.40.